The molecule has 0 saturated heterocycles. The first-order chi connectivity index (χ1) is 8.72. The zero-order valence-electron chi connectivity index (χ0n) is 11.9. The lowest BCUT2D eigenvalue weighted by Gasteiger charge is -2.22. The predicted molar refractivity (Wildman–Crippen MR) is 74.3 cm³/mol. The van der Waals surface area contributed by atoms with Crippen LogP contribution in [-0.2, 0) is 4.79 Å². The van der Waals surface area contributed by atoms with E-state index in [0.29, 0.717) is 12.6 Å². The lowest BCUT2D eigenvalue weighted by atomic mass is 9.89. The third-order valence-electron chi connectivity index (χ3n) is 4.93. The zero-order chi connectivity index (χ0) is 13.0. The van der Waals surface area contributed by atoms with Crippen molar-refractivity contribution in [3.63, 3.8) is 0 Å². The molecular formula is C15H28N2O. The van der Waals surface area contributed by atoms with Crippen LogP contribution in [0.2, 0.25) is 0 Å². The molecule has 2 N–H and O–H groups in total. The number of hydrogen-bond donors (Lipinski definition) is 2. The minimum absolute atomic E-state index is 0.159. The van der Waals surface area contributed by atoms with Gasteiger partial charge in [0, 0.05) is 6.04 Å². The van der Waals surface area contributed by atoms with E-state index < -0.39 is 0 Å². The minimum Gasteiger partial charge on any atom is -0.352 e. The molecule has 3 atom stereocenters. The van der Waals surface area contributed by atoms with Gasteiger partial charge < -0.3 is 10.6 Å². The van der Waals surface area contributed by atoms with Gasteiger partial charge in [-0.1, -0.05) is 20.3 Å². The summed E-state index contributed by atoms with van der Waals surface area (Å²) in [6.45, 7) is 5.77. The first-order valence-electron chi connectivity index (χ1n) is 7.73. The molecule has 0 aliphatic heterocycles. The van der Waals surface area contributed by atoms with Crippen LogP contribution < -0.4 is 10.6 Å². The van der Waals surface area contributed by atoms with Crippen molar-refractivity contribution >= 4 is 5.91 Å². The molecule has 2 aliphatic rings. The van der Waals surface area contributed by atoms with Crippen molar-refractivity contribution in [2.45, 2.75) is 58.4 Å². The number of nitrogens with one attached hydrogen (secondary N) is 2. The van der Waals surface area contributed by atoms with Crippen molar-refractivity contribution in [2.75, 3.05) is 13.1 Å². The largest absolute Gasteiger partial charge is 0.352 e. The van der Waals surface area contributed by atoms with E-state index in [4.69, 9.17) is 0 Å². The second-order valence-electron chi connectivity index (χ2n) is 6.15. The van der Waals surface area contributed by atoms with Crippen LogP contribution in [-0.4, -0.2) is 25.0 Å². The highest BCUT2D eigenvalue weighted by molar-refractivity contribution is 5.78. The molecule has 2 fully saturated rings. The van der Waals surface area contributed by atoms with Gasteiger partial charge in [-0.2, -0.15) is 0 Å². The number of amides is 1. The molecule has 2 aliphatic carbocycles. The molecule has 2 bridgehead atoms. The topological polar surface area (TPSA) is 41.1 Å². The van der Waals surface area contributed by atoms with Crippen molar-refractivity contribution in [2.24, 2.45) is 17.8 Å². The Bertz CT molecular complexity index is 276. The first-order valence-corrected chi connectivity index (χ1v) is 7.73. The van der Waals surface area contributed by atoms with E-state index in [2.05, 4.69) is 24.5 Å². The molecule has 0 heterocycles. The predicted octanol–water partition coefficient (Wildman–Crippen LogP) is 2.32. The summed E-state index contributed by atoms with van der Waals surface area (Å²) in [5.74, 6) is 2.95. The molecule has 0 aromatic rings. The maximum atomic E-state index is 11.7. The Morgan fingerprint density at radius 3 is 2.56 bits per heavy atom. The fourth-order valence-electron chi connectivity index (χ4n) is 3.77. The first kappa shape index (κ1) is 13.9. The second kappa shape index (κ2) is 6.55. The minimum atomic E-state index is 0.159. The highest BCUT2D eigenvalue weighted by Crippen LogP contribution is 2.47. The molecule has 3 unspecified atom stereocenters. The van der Waals surface area contributed by atoms with E-state index in [1.807, 2.05) is 0 Å². The number of carbonyl (C=O) groups is 1. The van der Waals surface area contributed by atoms with Gasteiger partial charge in [-0.15, -0.1) is 0 Å². The standard InChI is InChI=1S/C15H28N2O/c1-3-14(4-2)17-15(18)10-16-9-13-8-11-5-6-12(13)7-11/h11-14,16H,3-10H2,1-2H3,(H,17,18). The summed E-state index contributed by atoms with van der Waals surface area (Å²) in [5.41, 5.74) is 0. The third-order valence-corrected chi connectivity index (χ3v) is 4.93. The van der Waals surface area contributed by atoms with Gasteiger partial charge in [-0.3, -0.25) is 4.79 Å². The highest BCUT2D eigenvalue weighted by atomic mass is 16.1. The van der Waals surface area contributed by atoms with E-state index in [9.17, 15) is 4.79 Å². The number of rotatable bonds is 7. The van der Waals surface area contributed by atoms with Gasteiger partial charge in [0.1, 0.15) is 0 Å². The van der Waals surface area contributed by atoms with Crippen LogP contribution in [0.5, 0.6) is 0 Å². The molecule has 2 rings (SSSR count). The van der Waals surface area contributed by atoms with Gasteiger partial charge >= 0.3 is 0 Å². The molecule has 3 nitrogen and oxygen atoms in total. The number of carbonyl (C=O) groups excluding carboxylic acids is 1. The van der Waals surface area contributed by atoms with Crippen LogP contribution in [0.3, 0.4) is 0 Å². The fourth-order valence-corrected chi connectivity index (χ4v) is 3.77. The summed E-state index contributed by atoms with van der Waals surface area (Å²) in [6.07, 6.45) is 7.77. The van der Waals surface area contributed by atoms with Crippen molar-refractivity contribution in [1.82, 2.24) is 10.6 Å². The Morgan fingerprint density at radius 2 is 2.00 bits per heavy atom. The molecule has 18 heavy (non-hydrogen) atoms. The zero-order valence-corrected chi connectivity index (χ0v) is 11.9. The molecule has 1 amide bonds. The van der Waals surface area contributed by atoms with E-state index >= 15 is 0 Å². The molecule has 3 heteroatoms. The van der Waals surface area contributed by atoms with Crippen LogP contribution >= 0.6 is 0 Å². The Kier molecular flexibility index (Phi) is 5.04. The van der Waals surface area contributed by atoms with Gasteiger partial charge in [-0.25, -0.2) is 0 Å². The molecule has 0 aromatic carbocycles. The average Bonchev–Trinajstić information content (AvgIpc) is 2.98. The monoisotopic (exact) mass is 252 g/mol. The second-order valence-corrected chi connectivity index (χ2v) is 6.15. The van der Waals surface area contributed by atoms with Gasteiger partial charge in [0.2, 0.25) is 5.91 Å². The molecule has 0 aromatic heterocycles. The fraction of sp³-hybridized carbons (Fsp3) is 0.933. The van der Waals surface area contributed by atoms with Crippen LogP contribution in [0.1, 0.15) is 52.4 Å². The Labute approximate surface area is 111 Å². The van der Waals surface area contributed by atoms with Gasteiger partial charge in [0.05, 0.1) is 6.54 Å². The van der Waals surface area contributed by atoms with Crippen molar-refractivity contribution in [1.29, 1.82) is 0 Å². The maximum absolute atomic E-state index is 11.7. The number of fused-ring (bicyclic) bond motifs is 2. The van der Waals surface area contributed by atoms with Crippen LogP contribution in [0.4, 0.5) is 0 Å². The van der Waals surface area contributed by atoms with Crippen LogP contribution in [0.25, 0.3) is 0 Å². The van der Waals surface area contributed by atoms with Gasteiger partial charge in [0.25, 0.3) is 0 Å². The third kappa shape index (κ3) is 3.47. The van der Waals surface area contributed by atoms with E-state index in [1.54, 1.807) is 0 Å². The van der Waals surface area contributed by atoms with Crippen molar-refractivity contribution in [3.8, 4) is 0 Å². The summed E-state index contributed by atoms with van der Waals surface area (Å²) in [7, 11) is 0. The van der Waals surface area contributed by atoms with Gasteiger partial charge in [0.15, 0.2) is 0 Å². The van der Waals surface area contributed by atoms with E-state index in [-0.39, 0.29) is 5.91 Å². The maximum Gasteiger partial charge on any atom is 0.234 e. The van der Waals surface area contributed by atoms with Crippen molar-refractivity contribution < 1.29 is 4.79 Å². The number of hydrogen-bond acceptors (Lipinski definition) is 2. The lowest BCUT2D eigenvalue weighted by Crippen LogP contribution is -2.41. The van der Waals surface area contributed by atoms with E-state index in [1.165, 1.54) is 25.7 Å². The normalized spacial score (nSPS) is 30.1. The van der Waals surface area contributed by atoms with Crippen molar-refractivity contribution in [3.05, 3.63) is 0 Å². The quantitative estimate of drug-likeness (QED) is 0.730. The Balaban J connectivity index is 1.59. The Hall–Kier alpha value is -0.570. The summed E-state index contributed by atoms with van der Waals surface area (Å²) in [5, 5.41) is 6.43. The van der Waals surface area contributed by atoms with E-state index in [0.717, 1.165) is 37.1 Å². The summed E-state index contributed by atoms with van der Waals surface area (Å²) >= 11 is 0. The molecule has 104 valence electrons. The molecule has 0 spiro atoms. The SMILES string of the molecule is CCC(CC)NC(=O)CNCC1CC2CCC1C2. The molecule has 0 radical (unpaired) electrons. The Morgan fingerprint density at radius 1 is 1.22 bits per heavy atom. The average molecular weight is 252 g/mol. The van der Waals surface area contributed by atoms with Crippen LogP contribution in [0.15, 0.2) is 0 Å². The summed E-state index contributed by atoms with van der Waals surface area (Å²) in [6, 6.07) is 0.349. The van der Waals surface area contributed by atoms with Crippen LogP contribution in [0, 0.1) is 17.8 Å². The molecular weight excluding hydrogens is 224 g/mol. The molecule has 2 saturated carbocycles. The lowest BCUT2D eigenvalue weighted by molar-refractivity contribution is -0.121. The summed E-state index contributed by atoms with van der Waals surface area (Å²) < 4.78 is 0. The van der Waals surface area contributed by atoms with Gasteiger partial charge in [-0.05, 0) is 56.4 Å². The highest BCUT2D eigenvalue weighted by Gasteiger charge is 2.38. The smallest absolute Gasteiger partial charge is 0.234 e. The summed E-state index contributed by atoms with van der Waals surface area (Å²) in [4.78, 5) is 11.7.